The highest BCUT2D eigenvalue weighted by Gasteiger charge is 2.12. The number of anilines is 1. The second-order valence-electron chi connectivity index (χ2n) is 3.97. The van der Waals surface area contributed by atoms with Crippen molar-refractivity contribution in [1.82, 2.24) is 24.7 Å². The van der Waals surface area contributed by atoms with Gasteiger partial charge in [-0.15, -0.1) is 5.10 Å². The van der Waals surface area contributed by atoms with Gasteiger partial charge in [0, 0.05) is 11.8 Å². The summed E-state index contributed by atoms with van der Waals surface area (Å²) in [6, 6.07) is 1.76. The standard InChI is InChI=1S/C10H13BrN6O/c1-5(2)18-7-4-6(3)13-10(14-7)17-8(11)15-9(12)16-17/h4-5H,1-3H3,(H2,12,16). The fourth-order valence-electron chi connectivity index (χ4n) is 1.36. The van der Waals surface area contributed by atoms with Crippen molar-refractivity contribution in [2.24, 2.45) is 0 Å². The van der Waals surface area contributed by atoms with E-state index in [1.165, 1.54) is 4.68 Å². The first-order chi connectivity index (χ1) is 8.45. The summed E-state index contributed by atoms with van der Waals surface area (Å²) in [4.78, 5) is 12.5. The van der Waals surface area contributed by atoms with Gasteiger partial charge in [-0.2, -0.15) is 14.6 Å². The Morgan fingerprint density at radius 2 is 2.06 bits per heavy atom. The average molecular weight is 313 g/mol. The number of nitrogens with zero attached hydrogens (tertiary/aromatic N) is 5. The van der Waals surface area contributed by atoms with E-state index < -0.39 is 0 Å². The van der Waals surface area contributed by atoms with Gasteiger partial charge in [0.2, 0.25) is 16.6 Å². The molecule has 0 aliphatic carbocycles. The first-order valence-corrected chi connectivity index (χ1v) is 6.15. The number of aromatic nitrogens is 5. The second-order valence-corrected chi connectivity index (χ2v) is 4.67. The quantitative estimate of drug-likeness (QED) is 0.923. The molecule has 0 atom stereocenters. The fraction of sp³-hybridized carbons (Fsp3) is 0.400. The molecule has 0 aromatic carbocycles. The molecule has 0 aliphatic rings. The van der Waals surface area contributed by atoms with Crippen molar-refractivity contribution in [1.29, 1.82) is 0 Å². The highest BCUT2D eigenvalue weighted by Crippen LogP contribution is 2.16. The Bertz CT molecular complexity index is 567. The third-order valence-corrected chi connectivity index (χ3v) is 2.46. The van der Waals surface area contributed by atoms with Gasteiger partial charge < -0.3 is 10.5 Å². The van der Waals surface area contributed by atoms with Crippen LogP contribution >= 0.6 is 15.9 Å². The van der Waals surface area contributed by atoms with Crippen LogP contribution in [0.2, 0.25) is 0 Å². The van der Waals surface area contributed by atoms with Gasteiger partial charge in [-0.3, -0.25) is 0 Å². The first-order valence-electron chi connectivity index (χ1n) is 5.36. The predicted molar refractivity (Wildman–Crippen MR) is 69.6 cm³/mol. The molecular formula is C10H13BrN6O. The minimum atomic E-state index is 0.0383. The van der Waals surface area contributed by atoms with Gasteiger partial charge in [0.15, 0.2) is 0 Å². The number of hydrogen-bond acceptors (Lipinski definition) is 6. The monoisotopic (exact) mass is 312 g/mol. The molecule has 0 amide bonds. The molecule has 0 aliphatic heterocycles. The topological polar surface area (TPSA) is 91.7 Å². The van der Waals surface area contributed by atoms with Crippen molar-refractivity contribution in [2.75, 3.05) is 5.73 Å². The van der Waals surface area contributed by atoms with Crippen molar-refractivity contribution in [3.05, 3.63) is 16.5 Å². The molecule has 7 nitrogen and oxygen atoms in total. The van der Waals surface area contributed by atoms with Gasteiger partial charge in [0.1, 0.15) is 0 Å². The molecule has 0 saturated carbocycles. The smallest absolute Gasteiger partial charge is 0.256 e. The van der Waals surface area contributed by atoms with Crippen LogP contribution in [0.15, 0.2) is 10.8 Å². The Morgan fingerprint density at radius 1 is 1.33 bits per heavy atom. The van der Waals surface area contributed by atoms with Gasteiger partial charge in [0.05, 0.1) is 6.10 Å². The molecule has 2 aromatic heterocycles. The van der Waals surface area contributed by atoms with Crippen LogP contribution in [0.5, 0.6) is 5.88 Å². The van der Waals surface area contributed by atoms with E-state index in [-0.39, 0.29) is 12.1 Å². The summed E-state index contributed by atoms with van der Waals surface area (Å²) >= 11 is 3.24. The van der Waals surface area contributed by atoms with E-state index >= 15 is 0 Å². The lowest BCUT2D eigenvalue weighted by atomic mass is 10.4. The Balaban J connectivity index is 2.44. The molecule has 8 heteroatoms. The highest BCUT2D eigenvalue weighted by atomic mass is 79.9. The van der Waals surface area contributed by atoms with Gasteiger partial charge in [-0.05, 0) is 36.7 Å². The summed E-state index contributed by atoms with van der Waals surface area (Å²) < 4.78 is 7.40. The zero-order chi connectivity index (χ0) is 13.3. The number of aryl methyl sites for hydroxylation is 1. The summed E-state index contributed by atoms with van der Waals surface area (Å²) in [6.45, 7) is 5.72. The second kappa shape index (κ2) is 4.89. The Labute approximate surface area is 113 Å². The average Bonchev–Trinajstić information content (AvgIpc) is 2.55. The summed E-state index contributed by atoms with van der Waals surface area (Å²) in [7, 11) is 0. The predicted octanol–water partition coefficient (Wildman–Crippen LogP) is 1.50. The molecular weight excluding hydrogens is 300 g/mol. The SMILES string of the molecule is Cc1cc(OC(C)C)nc(-n2nc(N)nc2Br)n1. The van der Waals surface area contributed by atoms with E-state index in [2.05, 4.69) is 36.0 Å². The number of rotatable bonds is 3. The molecule has 2 N–H and O–H groups in total. The summed E-state index contributed by atoms with van der Waals surface area (Å²) in [5.41, 5.74) is 6.29. The van der Waals surface area contributed by atoms with Crippen LogP contribution in [-0.2, 0) is 0 Å². The van der Waals surface area contributed by atoms with Crippen molar-refractivity contribution in [3.8, 4) is 11.8 Å². The number of hydrogen-bond donors (Lipinski definition) is 1. The van der Waals surface area contributed by atoms with Crippen molar-refractivity contribution in [3.63, 3.8) is 0 Å². The number of halogens is 1. The molecule has 0 bridgehead atoms. The first kappa shape index (κ1) is 12.7. The largest absolute Gasteiger partial charge is 0.475 e. The summed E-state index contributed by atoms with van der Waals surface area (Å²) in [5, 5.41) is 4.00. The summed E-state index contributed by atoms with van der Waals surface area (Å²) in [5.74, 6) is 1.01. The molecule has 2 heterocycles. The maximum Gasteiger partial charge on any atom is 0.256 e. The van der Waals surface area contributed by atoms with Gasteiger partial charge in [0.25, 0.3) is 5.95 Å². The van der Waals surface area contributed by atoms with Crippen LogP contribution in [0.4, 0.5) is 5.95 Å². The minimum Gasteiger partial charge on any atom is -0.475 e. The lowest BCUT2D eigenvalue weighted by molar-refractivity contribution is 0.231. The lowest BCUT2D eigenvalue weighted by Crippen LogP contribution is -2.11. The molecule has 2 rings (SSSR count). The number of ether oxygens (including phenoxy) is 1. The Kier molecular flexibility index (Phi) is 3.46. The van der Waals surface area contributed by atoms with Crippen LogP contribution in [0, 0.1) is 6.92 Å². The third-order valence-electron chi connectivity index (χ3n) is 1.95. The highest BCUT2D eigenvalue weighted by molar-refractivity contribution is 9.10. The Hall–Kier alpha value is -1.70. The Morgan fingerprint density at radius 3 is 2.61 bits per heavy atom. The van der Waals surface area contributed by atoms with Gasteiger partial charge in [-0.1, -0.05) is 0 Å². The van der Waals surface area contributed by atoms with Gasteiger partial charge >= 0.3 is 0 Å². The van der Waals surface area contributed by atoms with E-state index in [4.69, 9.17) is 10.5 Å². The molecule has 96 valence electrons. The van der Waals surface area contributed by atoms with E-state index in [0.29, 0.717) is 16.6 Å². The van der Waals surface area contributed by atoms with Crippen molar-refractivity contribution in [2.45, 2.75) is 26.9 Å². The maximum atomic E-state index is 5.54. The van der Waals surface area contributed by atoms with Crippen LogP contribution in [0.1, 0.15) is 19.5 Å². The molecule has 0 unspecified atom stereocenters. The van der Waals surface area contributed by atoms with E-state index in [1.807, 2.05) is 20.8 Å². The molecule has 0 fully saturated rings. The third kappa shape index (κ3) is 2.76. The maximum absolute atomic E-state index is 5.54. The molecule has 2 aromatic rings. The van der Waals surface area contributed by atoms with Crippen LogP contribution in [0.3, 0.4) is 0 Å². The summed E-state index contributed by atoms with van der Waals surface area (Å²) in [6.07, 6.45) is 0.0383. The fourth-order valence-corrected chi connectivity index (χ4v) is 1.78. The van der Waals surface area contributed by atoms with Crippen LogP contribution < -0.4 is 10.5 Å². The van der Waals surface area contributed by atoms with Crippen molar-refractivity contribution >= 4 is 21.9 Å². The lowest BCUT2D eigenvalue weighted by Gasteiger charge is -2.10. The number of nitrogens with two attached hydrogens (primary N) is 1. The van der Waals surface area contributed by atoms with Crippen LogP contribution in [-0.4, -0.2) is 30.8 Å². The molecule has 0 radical (unpaired) electrons. The minimum absolute atomic E-state index is 0.0383. The van der Waals surface area contributed by atoms with E-state index in [0.717, 1.165) is 5.69 Å². The molecule has 18 heavy (non-hydrogen) atoms. The zero-order valence-corrected chi connectivity index (χ0v) is 11.8. The zero-order valence-electron chi connectivity index (χ0n) is 10.3. The molecule has 0 saturated heterocycles. The van der Waals surface area contributed by atoms with Crippen LogP contribution in [0.25, 0.3) is 5.95 Å². The van der Waals surface area contributed by atoms with Crippen molar-refractivity contribution < 1.29 is 4.74 Å². The normalized spacial score (nSPS) is 10.9. The van der Waals surface area contributed by atoms with E-state index in [9.17, 15) is 0 Å². The van der Waals surface area contributed by atoms with Gasteiger partial charge in [-0.25, -0.2) is 4.98 Å². The number of nitrogen functional groups attached to an aromatic ring is 1. The molecule has 0 spiro atoms. The van der Waals surface area contributed by atoms with E-state index in [1.54, 1.807) is 6.07 Å².